The van der Waals surface area contributed by atoms with Crippen LogP contribution in [0.2, 0.25) is 0 Å². The van der Waals surface area contributed by atoms with Crippen molar-refractivity contribution in [3.63, 3.8) is 0 Å². The lowest BCUT2D eigenvalue weighted by Crippen LogP contribution is -2.06. The average Bonchev–Trinajstić information content (AvgIpc) is 2.65. The van der Waals surface area contributed by atoms with Crippen LogP contribution in [-0.2, 0) is 6.54 Å². The van der Waals surface area contributed by atoms with E-state index in [1.165, 1.54) is 0 Å². The minimum absolute atomic E-state index is 0.572. The van der Waals surface area contributed by atoms with Crippen LogP contribution in [0.25, 0.3) is 0 Å². The second-order valence-corrected chi connectivity index (χ2v) is 6.41. The van der Waals surface area contributed by atoms with Crippen LogP contribution >= 0.6 is 22.6 Å². The Morgan fingerprint density at radius 1 is 1.00 bits per heavy atom. The summed E-state index contributed by atoms with van der Waals surface area (Å²) in [5.41, 5.74) is 5.01. The van der Waals surface area contributed by atoms with Crippen molar-refractivity contribution in [2.75, 3.05) is 27.9 Å². The number of hydrazone groups is 1. The van der Waals surface area contributed by atoms with Gasteiger partial charge in [0.2, 0.25) is 0 Å². The number of ether oxygens (including phenoxy) is 4. The van der Waals surface area contributed by atoms with Gasteiger partial charge in [-0.1, -0.05) is 6.07 Å². The third kappa shape index (κ3) is 5.17. The molecule has 2 aromatic carbocycles. The van der Waals surface area contributed by atoms with E-state index < -0.39 is 0 Å². The lowest BCUT2D eigenvalue weighted by atomic mass is 10.2. The lowest BCUT2D eigenvalue weighted by Gasteiger charge is -2.12. The molecule has 0 fully saturated rings. The summed E-state index contributed by atoms with van der Waals surface area (Å²) >= 11 is 2.22. The Balaban J connectivity index is 2.04. The van der Waals surface area contributed by atoms with Crippen LogP contribution < -0.4 is 24.4 Å². The van der Waals surface area contributed by atoms with Crippen molar-refractivity contribution in [1.29, 1.82) is 0 Å². The summed E-state index contributed by atoms with van der Waals surface area (Å²) in [6, 6.07) is 9.66. The van der Waals surface area contributed by atoms with E-state index in [9.17, 15) is 0 Å². The van der Waals surface area contributed by atoms with Crippen LogP contribution in [0.3, 0.4) is 0 Å². The Hall–Kier alpha value is -2.16. The molecule has 1 N–H and O–H groups in total. The van der Waals surface area contributed by atoms with Gasteiger partial charge in [-0.15, -0.1) is 0 Å². The van der Waals surface area contributed by atoms with E-state index in [1.807, 2.05) is 37.3 Å². The summed E-state index contributed by atoms with van der Waals surface area (Å²) in [5.74, 6) is 2.85. The van der Waals surface area contributed by atoms with E-state index in [0.29, 0.717) is 30.4 Å². The molecule has 0 aliphatic heterocycles. The molecule has 2 rings (SSSR count). The summed E-state index contributed by atoms with van der Waals surface area (Å²) in [6.07, 6.45) is 1.75. The smallest absolute Gasteiger partial charge is 0.174 e. The van der Waals surface area contributed by atoms with E-state index >= 15 is 0 Å². The topological polar surface area (TPSA) is 61.3 Å². The Kier molecular flexibility index (Phi) is 7.83. The largest absolute Gasteiger partial charge is 0.493 e. The Morgan fingerprint density at radius 3 is 2.42 bits per heavy atom. The van der Waals surface area contributed by atoms with Gasteiger partial charge in [0.25, 0.3) is 0 Å². The van der Waals surface area contributed by atoms with Gasteiger partial charge in [0.1, 0.15) is 0 Å². The zero-order valence-electron chi connectivity index (χ0n) is 15.3. The van der Waals surface area contributed by atoms with Gasteiger partial charge in [0.15, 0.2) is 23.0 Å². The summed E-state index contributed by atoms with van der Waals surface area (Å²) in [4.78, 5) is 0. The number of nitrogens with zero attached hydrogens (tertiary/aromatic N) is 1. The van der Waals surface area contributed by atoms with Gasteiger partial charge in [-0.05, 0) is 64.9 Å². The maximum absolute atomic E-state index is 5.63. The van der Waals surface area contributed by atoms with Crippen LogP contribution in [0.15, 0.2) is 35.4 Å². The molecule has 26 heavy (non-hydrogen) atoms. The second-order valence-electron chi connectivity index (χ2n) is 5.25. The summed E-state index contributed by atoms with van der Waals surface area (Å²) in [7, 11) is 4.87. The summed E-state index contributed by atoms with van der Waals surface area (Å²) in [6.45, 7) is 3.09. The average molecular weight is 470 g/mol. The highest BCUT2D eigenvalue weighted by atomic mass is 127. The predicted molar refractivity (Wildman–Crippen MR) is 111 cm³/mol. The van der Waals surface area contributed by atoms with Gasteiger partial charge in [0.05, 0.1) is 44.3 Å². The highest BCUT2D eigenvalue weighted by molar-refractivity contribution is 14.1. The molecule has 0 amide bonds. The molecule has 0 atom stereocenters. The summed E-state index contributed by atoms with van der Waals surface area (Å²) < 4.78 is 22.5. The molecule has 0 spiro atoms. The number of nitrogens with one attached hydrogen (secondary N) is 1. The van der Waals surface area contributed by atoms with Gasteiger partial charge in [-0.3, -0.25) is 0 Å². The number of rotatable bonds is 9. The van der Waals surface area contributed by atoms with Crippen LogP contribution in [-0.4, -0.2) is 34.2 Å². The van der Waals surface area contributed by atoms with Crippen molar-refractivity contribution in [3.8, 4) is 23.0 Å². The molecule has 6 nitrogen and oxygen atoms in total. The molecule has 0 saturated carbocycles. The van der Waals surface area contributed by atoms with Gasteiger partial charge in [-0.25, -0.2) is 0 Å². The quantitative estimate of drug-likeness (QED) is 0.343. The first-order valence-electron chi connectivity index (χ1n) is 8.10. The fourth-order valence-corrected chi connectivity index (χ4v) is 3.22. The number of hydrogen-bond acceptors (Lipinski definition) is 6. The van der Waals surface area contributed by atoms with Gasteiger partial charge in [0, 0.05) is 0 Å². The zero-order chi connectivity index (χ0) is 18.9. The summed E-state index contributed by atoms with van der Waals surface area (Å²) in [5, 5.41) is 4.29. The van der Waals surface area contributed by atoms with E-state index in [0.717, 1.165) is 20.4 Å². The molecule has 0 heterocycles. The predicted octanol–water partition coefficient (Wildman–Crippen LogP) is 3.84. The fourth-order valence-electron chi connectivity index (χ4n) is 2.37. The molecule has 7 heteroatoms. The Bertz CT molecular complexity index is 765. The molecule has 140 valence electrons. The molecular formula is C19H23IN2O4. The normalized spacial score (nSPS) is 10.7. The third-order valence-corrected chi connectivity index (χ3v) is 4.37. The first-order valence-corrected chi connectivity index (χ1v) is 9.18. The van der Waals surface area contributed by atoms with E-state index in [-0.39, 0.29) is 0 Å². The first-order chi connectivity index (χ1) is 12.6. The third-order valence-electron chi connectivity index (χ3n) is 3.57. The minimum Gasteiger partial charge on any atom is -0.493 e. The van der Waals surface area contributed by atoms with Crippen molar-refractivity contribution in [2.45, 2.75) is 13.5 Å². The van der Waals surface area contributed by atoms with Crippen LogP contribution in [0.5, 0.6) is 23.0 Å². The highest BCUT2D eigenvalue weighted by Gasteiger charge is 2.10. The standard InChI is InChI=1S/C19H23IN2O4/c1-5-26-18-10-14(8-15(20)19(18)25-4)12-22-21-11-13-6-7-16(23-2)17(9-13)24-3/h6-10,12,21H,5,11H2,1-4H3/b22-12+. The number of halogens is 1. The maximum atomic E-state index is 5.63. The molecule has 0 bridgehead atoms. The molecule has 2 aromatic rings. The Labute approximate surface area is 167 Å². The zero-order valence-corrected chi connectivity index (χ0v) is 17.5. The second kappa shape index (κ2) is 10.1. The monoisotopic (exact) mass is 470 g/mol. The first kappa shape index (κ1) is 20.2. The fraction of sp³-hybridized carbons (Fsp3) is 0.316. The maximum Gasteiger partial charge on any atom is 0.174 e. The lowest BCUT2D eigenvalue weighted by molar-refractivity contribution is 0.309. The Morgan fingerprint density at radius 2 is 1.77 bits per heavy atom. The van der Waals surface area contributed by atoms with E-state index in [2.05, 4.69) is 33.1 Å². The molecule has 0 saturated heterocycles. The van der Waals surface area contributed by atoms with Crippen LogP contribution in [0.4, 0.5) is 0 Å². The van der Waals surface area contributed by atoms with E-state index in [4.69, 9.17) is 18.9 Å². The molecule has 0 aliphatic carbocycles. The van der Waals surface area contributed by atoms with Gasteiger partial charge < -0.3 is 24.4 Å². The highest BCUT2D eigenvalue weighted by Crippen LogP contribution is 2.33. The molecule has 0 aliphatic rings. The van der Waals surface area contributed by atoms with Gasteiger partial charge in [-0.2, -0.15) is 5.10 Å². The van der Waals surface area contributed by atoms with Gasteiger partial charge >= 0.3 is 0 Å². The van der Waals surface area contributed by atoms with Crippen molar-refractivity contribution in [3.05, 3.63) is 45.0 Å². The molecular weight excluding hydrogens is 447 g/mol. The minimum atomic E-state index is 0.572. The number of methoxy groups -OCH3 is 3. The SMILES string of the molecule is CCOc1cc(/C=N/NCc2ccc(OC)c(OC)c2)cc(I)c1OC. The molecule has 0 aromatic heterocycles. The van der Waals surface area contributed by atoms with Crippen molar-refractivity contribution in [2.24, 2.45) is 5.10 Å². The van der Waals surface area contributed by atoms with Crippen molar-refractivity contribution >= 4 is 28.8 Å². The van der Waals surface area contributed by atoms with Crippen LogP contribution in [0.1, 0.15) is 18.1 Å². The van der Waals surface area contributed by atoms with Crippen molar-refractivity contribution < 1.29 is 18.9 Å². The molecule has 0 unspecified atom stereocenters. The van der Waals surface area contributed by atoms with Crippen molar-refractivity contribution in [1.82, 2.24) is 5.43 Å². The number of hydrogen-bond donors (Lipinski definition) is 1. The molecule has 0 radical (unpaired) electrons. The van der Waals surface area contributed by atoms with E-state index in [1.54, 1.807) is 27.5 Å². The number of benzene rings is 2. The van der Waals surface area contributed by atoms with Crippen LogP contribution in [0, 0.1) is 3.57 Å².